The van der Waals surface area contributed by atoms with Gasteiger partial charge in [0.1, 0.15) is 0 Å². The van der Waals surface area contributed by atoms with Gasteiger partial charge in [-0.05, 0) is 37.5 Å². The fraction of sp³-hybridized carbons (Fsp3) is 0.958. The molecule has 6 unspecified atom stereocenters. The van der Waals surface area contributed by atoms with Crippen molar-refractivity contribution >= 4 is 11.8 Å². The molecule has 0 aromatic carbocycles. The molecule has 2 amide bonds. The summed E-state index contributed by atoms with van der Waals surface area (Å²) in [7, 11) is 0. The molecule has 356 valence electrons. The summed E-state index contributed by atoms with van der Waals surface area (Å²) >= 11 is 0. The third kappa shape index (κ3) is 33.2. The molecule has 0 radical (unpaired) electrons. The second-order valence-corrected chi connectivity index (χ2v) is 18.6. The minimum absolute atomic E-state index is 0.0762. The molecule has 0 bridgehead atoms. The lowest BCUT2D eigenvalue weighted by Crippen LogP contribution is -2.52. The molecule has 0 aliphatic carbocycles. The predicted molar refractivity (Wildman–Crippen MR) is 249 cm³/mol. The second kappa shape index (κ2) is 39.2. The average Bonchev–Trinajstić information content (AvgIpc) is 3.23. The topological polar surface area (TPSA) is 198 Å². The van der Waals surface area contributed by atoms with Gasteiger partial charge in [-0.2, -0.15) is 0 Å². The van der Waals surface area contributed by atoms with E-state index in [1.165, 1.54) is 116 Å². The summed E-state index contributed by atoms with van der Waals surface area (Å²) in [6, 6.07) is 0. The summed E-state index contributed by atoms with van der Waals surface area (Å²) in [5.74, 6) is -0.0322. The Bertz CT molecular complexity index is 913. The lowest BCUT2D eigenvalue weighted by atomic mass is 9.91. The number of aliphatic hydroxyl groups is 4. The molecule has 10 N–H and O–H groups in total. The van der Waals surface area contributed by atoms with E-state index >= 15 is 0 Å². The fourth-order valence-electron chi connectivity index (χ4n) is 8.77. The lowest BCUT2D eigenvalue weighted by Gasteiger charge is -2.36. The van der Waals surface area contributed by atoms with E-state index in [1.807, 2.05) is 0 Å². The SMILES string of the molecule is CCCCCCCCCCCCCC(CC(=O)NCC(O)CN1CCN(CC(O)CNC(=O)CC(CCCCCCCCCCCCC)CC(O)CN)CC1)CC(O)CN. The summed E-state index contributed by atoms with van der Waals surface area (Å²) in [5, 5.41) is 47.8. The molecule has 1 fully saturated rings. The minimum atomic E-state index is -0.689. The zero-order valence-corrected chi connectivity index (χ0v) is 39.0. The molecule has 1 heterocycles. The highest BCUT2D eigenvalue weighted by Gasteiger charge is 2.23. The van der Waals surface area contributed by atoms with Crippen LogP contribution in [0.5, 0.6) is 0 Å². The van der Waals surface area contributed by atoms with Crippen molar-refractivity contribution in [2.24, 2.45) is 23.3 Å². The summed E-state index contributed by atoms with van der Waals surface area (Å²) < 4.78 is 0. The van der Waals surface area contributed by atoms with E-state index in [1.54, 1.807) is 0 Å². The number of piperazine rings is 1. The van der Waals surface area contributed by atoms with Gasteiger partial charge in [0.15, 0.2) is 0 Å². The number of carbonyl (C=O) groups is 2. The van der Waals surface area contributed by atoms with Gasteiger partial charge in [0.25, 0.3) is 0 Å². The number of hydrogen-bond donors (Lipinski definition) is 8. The van der Waals surface area contributed by atoms with Crippen molar-refractivity contribution in [1.29, 1.82) is 0 Å². The van der Waals surface area contributed by atoms with Crippen LogP contribution in [0.1, 0.15) is 194 Å². The highest BCUT2D eigenvalue weighted by Crippen LogP contribution is 2.22. The molecule has 0 spiro atoms. The third-order valence-electron chi connectivity index (χ3n) is 12.6. The van der Waals surface area contributed by atoms with Gasteiger partial charge in [0, 0.05) is 78.3 Å². The first-order valence-electron chi connectivity index (χ1n) is 25.2. The maximum absolute atomic E-state index is 12.9. The number of hydrogen-bond acceptors (Lipinski definition) is 10. The summed E-state index contributed by atoms with van der Waals surface area (Å²) in [6.45, 7) is 9.15. The van der Waals surface area contributed by atoms with Crippen LogP contribution in [0.15, 0.2) is 0 Å². The van der Waals surface area contributed by atoms with Crippen molar-refractivity contribution in [3.8, 4) is 0 Å². The number of unbranched alkanes of at least 4 members (excludes halogenated alkanes) is 20. The van der Waals surface area contributed by atoms with Crippen molar-refractivity contribution in [2.75, 3.05) is 65.4 Å². The number of nitrogens with zero attached hydrogens (tertiary/aromatic N) is 2. The van der Waals surface area contributed by atoms with E-state index in [9.17, 15) is 30.0 Å². The Morgan fingerprint density at radius 3 is 1.03 bits per heavy atom. The monoisotopic (exact) mass is 855 g/mol. The van der Waals surface area contributed by atoms with Crippen LogP contribution in [0.25, 0.3) is 0 Å². The maximum Gasteiger partial charge on any atom is 0.220 e. The first-order chi connectivity index (χ1) is 29.1. The summed E-state index contributed by atoms with van der Waals surface area (Å²) in [4.78, 5) is 30.1. The molecule has 1 rings (SSSR count). The second-order valence-electron chi connectivity index (χ2n) is 18.6. The minimum Gasteiger partial charge on any atom is -0.392 e. The Balaban J connectivity index is 2.28. The number of aliphatic hydroxyl groups excluding tert-OH is 4. The van der Waals surface area contributed by atoms with Crippen LogP contribution < -0.4 is 22.1 Å². The summed E-state index contributed by atoms with van der Waals surface area (Å²) in [5.41, 5.74) is 11.4. The van der Waals surface area contributed by atoms with Gasteiger partial charge in [0.05, 0.1) is 24.4 Å². The smallest absolute Gasteiger partial charge is 0.220 e. The maximum atomic E-state index is 12.9. The van der Waals surface area contributed by atoms with Crippen LogP contribution in [0.3, 0.4) is 0 Å². The van der Waals surface area contributed by atoms with Gasteiger partial charge in [-0.25, -0.2) is 0 Å². The Labute approximate surface area is 368 Å². The molecular weight excluding hydrogens is 757 g/mol. The number of rotatable bonds is 42. The molecule has 60 heavy (non-hydrogen) atoms. The fourth-order valence-corrected chi connectivity index (χ4v) is 8.77. The number of β-amino-alcohol motifs (C(OH)–C–C–N with tert-alkyl or cyclic N) is 2. The largest absolute Gasteiger partial charge is 0.392 e. The first-order valence-corrected chi connectivity index (χ1v) is 25.2. The van der Waals surface area contributed by atoms with Gasteiger partial charge in [-0.1, -0.05) is 155 Å². The first kappa shape index (κ1) is 56.6. The molecule has 1 aliphatic heterocycles. The van der Waals surface area contributed by atoms with E-state index in [-0.39, 0.29) is 49.8 Å². The third-order valence-corrected chi connectivity index (χ3v) is 12.6. The predicted octanol–water partition coefficient (Wildman–Crippen LogP) is 6.39. The normalized spacial score (nSPS) is 16.9. The zero-order valence-electron chi connectivity index (χ0n) is 39.0. The quantitative estimate of drug-likeness (QED) is 0.0319. The van der Waals surface area contributed by atoms with Gasteiger partial charge < -0.3 is 42.5 Å². The van der Waals surface area contributed by atoms with Gasteiger partial charge in [-0.15, -0.1) is 0 Å². The van der Waals surface area contributed by atoms with Crippen LogP contribution in [0, 0.1) is 11.8 Å². The molecule has 0 saturated carbocycles. The number of nitrogens with one attached hydrogen (secondary N) is 2. The van der Waals surface area contributed by atoms with Crippen LogP contribution in [0.4, 0.5) is 0 Å². The Hall–Kier alpha value is -1.38. The van der Waals surface area contributed by atoms with Gasteiger partial charge in [0.2, 0.25) is 11.8 Å². The number of amides is 2. The van der Waals surface area contributed by atoms with E-state index < -0.39 is 24.4 Å². The van der Waals surface area contributed by atoms with Crippen molar-refractivity contribution < 1.29 is 30.0 Å². The Kier molecular flexibility index (Phi) is 37.0. The number of carbonyl (C=O) groups excluding carboxylic acids is 2. The number of nitrogens with two attached hydrogens (primary N) is 2. The molecule has 6 atom stereocenters. The zero-order chi connectivity index (χ0) is 44.1. The van der Waals surface area contributed by atoms with Crippen LogP contribution in [0.2, 0.25) is 0 Å². The van der Waals surface area contributed by atoms with Crippen LogP contribution in [-0.2, 0) is 9.59 Å². The highest BCUT2D eigenvalue weighted by molar-refractivity contribution is 5.76. The van der Waals surface area contributed by atoms with Gasteiger partial charge in [-0.3, -0.25) is 19.4 Å². The Morgan fingerprint density at radius 1 is 0.467 bits per heavy atom. The van der Waals surface area contributed by atoms with Crippen molar-refractivity contribution in [3.05, 3.63) is 0 Å². The Morgan fingerprint density at radius 2 is 0.750 bits per heavy atom. The van der Waals surface area contributed by atoms with E-state index in [0.29, 0.717) is 38.8 Å². The molecule has 0 aromatic rings. The molecule has 12 heteroatoms. The molecular formula is C48H98N6O6. The molecule has 1 saturated heterocycles. The molecule has 12 nitrogen and oxygen atoms in total. The van der Waals surface area contributed by atoms with Crippen LogP contribution in [-0.4, -0.2) is 132 Å². The lowest BCUT2D eigenvalue weighted by molar-refractivity contribution is -0.123. The van der Waals surface area contributed by atoms with E-state index in [0.717, 1.165) is 64.7 Å². The van der Waals surface area contributed by atoms with E-state index in [4.69, 9.17) is 11.5 Å². The summed E-state index contributed by atoms with van der Waals surface area (Å²) in [6.07, 6.45) is 29.0. The van der Waals surface area contributed by atoms with Crippen molar-refractivity contribution in [1.82, 2.24) is 20.4 Å². The standard InChI is InChI=1S/C48H98N6O6/c1-3-5-7-9-11-13-15-17-19-21-23-25-41(31-43(55)35-49)33-47(59)51-37-45(57)39-53-27-29-54(30-28-53)40-46(58)38-52-48(60)34-42(32-44(56)36-50)26-24-22-20-18-16-14-12-10-8-6-4-2/h41-46,55-58H,3-40,49-50H2,1-2H3,(H,51,59)(H,52,60). The van der Waals surface area contributed by atoms with Crippen molar-refractivity contribution in [3.63, 3.8) is 0 Å². The molecule has 1 aliphatic rings. The molecule has 0 aromatic heterocycles. The van der Waals surface area contributed by atoms with E-state index in [2.05, 4.69) is 34.3 Å². The van der Waals surface area contributed by atoms with Crippen molar-refractivity contribution in [2.45, 2.75) is 218 Å². The van der Waals surface area contributed by atoms with Crippen LogP contribution >= 0.6 is 0 Å². The van der Waals surface area contributed by atoms with Gasteiger partial charge >= 0.3 is 0 Å². The highest BCUT2D eigenvalue weighted by atomic mass is 16.3. The average molecular weight is 855 g/mol.